The molecule has 15 heavy (non-hydrogen) atoms. The lowest BCUT2D eigenvalue weighted by atomic mass is 9.74. The van der Waals surface area contributed by atoms with Crippen LogP contribution in [0.25, 0.3) is 0 Å². The van der Waals surface area contributed by atoms with Crippen LogP contribution in [-0.4, -0.2) is 35.0 Å². The van der Waals surface area contributed by atoms with Crippen molar-refractivity contribution in [3.8, 4) is 0 Å². The maximum Gasteiger partial charge on any atom is 0.329 e. The van der Waals surface area contributed by atoms with Gasteiger partial charge in [0, 0.05) is 7.05 Å². The van der Waals surface area contributed by atoms with Crippen molar-refractivity contribution in [2.75, 3.05) is 7.05 Å². The molecule has 1 fully saturated rings. The summed E-state index contributed by atoms with van der Waals surface area (Å²) in [5.41, 5.74) is -0.958. The topological polar surface area (TPSA) is 57.6 Å². The molecule has 1 aliphatic rings. The van der Waals surface area contributed by atoms with E-state index in [2.05, 4.69) is 6.92 Å². The second kappa shape index (κ2) is 4.64. The number of nitrogens with zero attached hydrogens (tertiary/aromatic N) is 1. The fourth-order valence-electron chi connectivity index (χ4n) is 2.48. The van der Waals surface area contributed by atoms with Gasteiger partial charge in [-0.2, -0.15) is 0 Å². The third-order valence-corrected chi connectivity index (χ3v) is 3.64. The Hall–Kier alpha value is -1.06. The average Bonchev–Trinajstić information content (AvgIpc) is 2.27. The maximum absolute atomic E-state index is 11.3. The molecule has 0 heterocycles. The van der Waals surface area contributed by atoms with Gasteiger partial charge in [0.25, 0.3) is 0 Å². The lowest BCUT2D eigenvalue weighted by molar-refractivity contribution is -0.157. The monoisotopic (exact) mass is 213 g/mol. The van der Waals surface area contributed by atoms with Crippen molar-refractivity contribution in [2.45, 2.75) is 44.6 Å². The first-order valence-electron chi connectivity index (χ1n) is 5.48. The van der Waals surface area contributed by atoms with Crippen molar-refractivity contribution in [3.63, 3.8) is 0 Å². The Labute approximate surface area is 90.3 Å². The Balaban J connectivity index is 2.89. The van der Waals surface area contributed by atoms with Gasteiger partial charge in [0.1, 0.15) is 5.54 Å². The number of rotatable bonds is 4. The number of amides is 1. The van der Waals surface area contributed by atoms with E-state index < -0.39 is 11.5 Å². The van der Waals surface area contributed by atoms with Gasteiger partial charge in [0.2, 0.25) is 6.41 Å². The highest BCUT2D eigenvalue weighted by Gasteiger charge is 2.45. The van der Waals surface area contributed by atoms with Crippen LogP contribution in [0, 0.1) is 5.92 Å². The van der Waals surface area contributed by atoms with E-state index in [4.69, 9.17) is 0 Å². The van der Waals surface area contributed by atoms with Crippen LogP contribution >= 0.6 is 0 Å². The number of carbonyl (C=O) groups is 2. The lowest BCUT2D eigenvalue weighted by Gasteiger charge is -2.42. The molecule has 1 rings (SSSR count). The Kier molecular flexibility index (Phi) is 3.72. The zero-order chi connectivity index (χ0) is 11.5. The normalized spacial score (nSPS) is 30.9. The highest BCUT2D eigenvalue weighted by atomic mass is 16.4. The number of hydrogen-bond donors (Lipinski definition) is 1. The first-order chi connectivity index (χ1) is 7.06. The highest BCUT2D eigenvalue weighted by molar-refractivity contribution is 5.81. The van der Waals surface area contributed by atoms with Crippen molar-refractivity contribution in [2.24, 2.45) is 5.92 Å². The minimum atomic E-state index is -0.958. The maximum atomic E-state index is 11.3. The summed E-state index contributed by atoms with van der Waals surface area (Å²) < 4.78 is 0. The summed E-state index contributed by atoms with van der Waals surface area (Å²) in [6.45, 7) is 2.07. The molecule has 0 radical (unpaired) electrons. The molecule has 0 bridgehead atoms. The molecule has 2 unspecified atom stereocenters. The molecule has 0 aliphatic heterocycles. The molecule has 1 amide bonds. The van der Waals surface area contributed by atoms with Crippen LogP contribution in [0.15, 0.2) is 0 Å². The van der Waals surface area contributed by atoms with Crippen LogP contribution in [-0.2, 0) is 9.59 Å². The first-order valence-corrected chi connectivity index (χ1v) is 5.48. The van der Waals surface area contributed by atoms with Crippen LogP contribution < -0.4 is 0 Å². The predicted octanol–water partition coefficient (Wildman–Crippen LogP) is 1.50. The summed E-state index contributed by atoms with van der Waals surface area (Å²) in [6, 6.07) is 0. The zero-order valence-electron chi connectivity index (χ0n) is 9.40. The lowest BCUT2D eigenvalue weighted by Crippen LogP contribution is -2.55. The van der Waals surface area contributed by atoms with E-state index in [1.807, 2.05) is 0 Å². The zero-order valence-corrected chi connectivity index (χ0v) is 9.40. The fourth-order valence-corrected chi connectivity index (χ4v) is 2.48. The third-order valence-electron chi connectivity index (χ3n) is 3.64. The second-order valence-corrected chi connectivity index (χ2v) is 4.42. The SMILES string of the molecule is CCC1CCCC(C(=O)O)(N(C)C=O)C1. The van der Waals surface area contributed by atoms with E-state index in [1.165, 1.54) is 4.90 Å². The molecule has 0 spiro atoms. The Bertz CT molecular complexity index is 254. The van der Waals surface area contributed by atoms with Crippen molar-refractivity contribution >= 4 is 12.4 Å². The van der Waals surface area contributed by atoms with E-state index in [1.54, 1.807) is 7.05 Å². The Morgan fingerprint density at radius 3 is 2.80 bits per heavy atom. The van der Waals surface area contributed by atoms with Crippen LogP contribution in [0.2, 0.25) is 0 Å². The highest BCUT2D eigenvalue weighted by Crippen LogP contribution is 2.37. The molecule has 1 N–H and O–H groups in total. The molecule has 1 aliphatic carbocycles. The van der Waals surface area contributed by atoms with Gasteiger partial charge in [0.15, 0.2) is 0 Å². The summed E-state index contributed by atoms with van der Waals surface area (Å²) in [5, 5.41) is 9.30. The summed E-state index contributed by atoms with van der Waals surface area (Å²) in [5.74, 6) is -0.438. The fraction of sp³-hybridized carbons (Fsp3) is 0.818. The number of carboxylic acids is 1. The van der Waals surface area contributed by atoms with Gasteiger partial charge in [-0.05, 0) is 18.8 Å². The van der Waals surface area contributed by atoms with Gasteiger partial charge in [-0.25, -0.2) is 4.79 Å². The molecule has 4 heteroatoms. The van der Waals surface area contributed by atoms with Gasteiger partial charge < -0.3 is 10.0 Å². The molecule has 1 saturated carbocycles. The van der Waals surface area contributed by atoms with Crippen LogP contribution in [0.3, 0.4) is 0 Å². The largest absolute Gasteiger partial charge is 0.479 e. The van der Waals surface area contributed by atoms with E-state index in [0.29, 0.717) is 25.2 Å². The number of hydrogen-bond acceptors (Lipinski definition) is 2. The second-order valence-electron chi connectivity index (χ2n) is 4.42. The van der Waals surface area contributed by atoms with Crippen molar-refractivity contribution in [3.05, 3.63) is 0 Å². The smallest absolute Gasteiger partial charge is 0.329 e. The molecule has 0 saturated heterocycles. The summed E-state index contributed by atoms with van der Waals surface area (Å²) in [6.07, 6.45) is 4.76. The average molecular weight is 213 g/mol. The number of likely N-dealkylation sites (N-methyl/N-ethyl adjacent to an activating group) is 1. The minimum Gasteiger partial charge on any atom is -0.479 e. The molecular weight excluding hydrogens is 194 g/mol. The molecular formula is C11H19NO3. The van der Waals surface area contributed by atoms with E-state index in [9.17, 15) is 14.7 Å². The van der Waals surface area contributed by atoms with Crippen LogP contribution in [0.5, 0.6) is 0 Å². The summed E-state index contributed by atoms with van der Waals surface area (Å²) in [4.78, 5) is 23.4. The number of aliphatic carboxylic acids is 1. The van der Waals surface area contributed by atoms with Crippen molar-refractivity contribution < 1.29 is 14.7 Å². The van der Waals surface area contributed by atoms with Gasteiger partial charge >= 0.3 is 5.97 Å². The van der Waals surface area contributed by atoms with Crippen LogP contribution in [0.1, 0.15) is 39.0 Å². The Morgan fingerprint density at radius 1 is 1.67 bits per heavy atom. The molecule has 0 aromatic rings. The van der Waals surface area contributed by atoms with Gasteiger partial charge in [-0.1, -0.05) is 26.2 Å². The molecule has 4 nitrogen and oxygen atoms in total. The van der Waals surface area contributed by atoms with Gasteiger partial charge in [-0.15, -0.1) is 0 Å². The summed E-state index contributed by atoms with van der Waals surface area (Å²) in [7, 11) is 1.57. The number of carboxylic acid groups (broad SMARTS) is 1. The molecule has 0 aromatic carbocycles. The first kappa shape index (κ1) is 12.0. The predicted molar refractivity (Wildman–Crippen MR) is 56.4 cm³/mol. The standard InChI is InChI=1S/C11H19NO3/c1-3-9-5-4-6-11(7-9,10(14)15)12(2)8-13/h8-9H,3-7H2,1-2H3,(H,14,15). The quantitative estimate of drug-likeness (QED) is 0.720. The van der Waals surface area contributed by atoms with E-state index >= 15 is 0 Å². The molecule has 0 aromatic heterocycles. The van der Waals surface area contributed by atoms with Crippen LogP contribution in [0.4, 0.5) is 0 Å². The van der Waals surface area contributed by atoms with Crippen molar-refractivity contribution in [1.82, 2.24) is 4.90 Å². The number of carbonyl (C=O) groups excluding carboxylic acids is 1. The molecule has 86 valence electrons. The van der Waals surface area contributed by atoms with Crippen molar-refractivity contribution in [1.29, 1.82) is 0 Å². The van der Waals surface area contributed by atoms with Gasteiger partial charge in [-0.3, -0.25) is 4.79 Å². The van der Waals surface area contributed by atoms with E-state index in [-0.39, 0.29) is 0 Å². The minimum absolute atomic E-state index is 0.428. The summed E-state index contributed by atoms with van der Waals surface area (Å²) >= 11 is 0. The Morgan fingerprint density at radius 2 is 2.33 bits per heavy atom. The van der Waals surface area contributed by atoms with Gasteiger partial charge in [0.05, 0.1) is 0 Å². The molecule has 2 atom stereocenters. The third kappa shape index (κ3) is 2.13. The van der Waals surface area contributed by atoms with E-state index in [0.717, 1.165) is 19.3 Å².